The molecule has 7 heteroatoms. The number of nitrogens with zero attached hydrogens (tertiary/aromatic N) is 5. The molecule has 0 unspecified atom stereocenters. The molecule has 0 N–H and O–H groups in total. The predicted molar refractivity (Wildman–Crippen MR) is 99.6 cm³/mol. The van der Waals surface area contributed by atoms with Gasteiger partial charge in [0.2, 0.25) is 0 Å². The lowest BCUT2D eigenvalue weighted by Gasteiger charge is -2.10. The molecule has 0 radical (unpaired) electrons. The first-order valence-corrected chi connectivity index (χ1v) is 8.16. The number of pyridine rings is 1. The average Bonchev–Trinajstić information content (AvgIpc) is 2.66. The van der Waals surface area contributed by atoms with Crippen LogP contribution in [0.5, 0.6) is 0 Å². The van der Waals surface area contributed by atoms with E-state index in [0.717, 1.165) is 15.8 Å². The lowest BCUT2D eigenvalue weighted by Crippen LogP contribution is -2.40. The first-order valence-electron chi connectivity index (χ1n) is 8.16. The van der Waals surface area contributed by atoms with Gasteiger partial charge >= 0.3 is 5.69 Å². The summed E-state index contributed by atoms with van der Waals surface area (Å²) >= 11 is 0. The number of aromatic nitrogens is 4. The Morgan fingerprint density at radius 2 is 1.69 bits per heavy atom. The van der Waals surface area contributed by atoms with E-state index in [-0.39, 0.29) is 0 Å². The van der Waals surface area contributed by atoms with Gasteiger partial charge < -0.3 is 0 Å². The van der Waals surface area contributed by atoms with Crippen molar-refractivity contribution in [2.45, 2.75) is 6.92 Å². The van der Waals surface area contributed by atoms with Gasteiger partial charge in [-0.25, -0.2) is 14.8 Å². The fourth-order valence-corrected chi connectivity index (χ4v) is 2.94. The summed E-state index contributed by atoms with van der Waals surface area (Å²) in [6, 6.07) is 13.2. The van der Waals surface area contributed by atoms with Gasteiger partial charge in [-0.1, -0.05) is 23.8 Å². The van der Waals surface area contributed by atoms with Gasteiger partial charge in [0.15, 0.2) is 11.1 Å². The van der Waals surface area contributed by atoms with Crippen LogP contribution in [0.1, 0.15) is 5.56 Å². The molecule has 0 aliphatic rings. The van der Waals surface area contributed by atoms with E-state index in [0.29, 0.717) is 22.2 Å². The molecule has 0 aliphatic carbocycles. The molecule has 0 aliphatic heterocycles. The summed E-state index contributed by atoms with van der Waals surface area (Å²) in [5.41, 5.74) is 2.38. The number of benzene rings is 1. The Kier molecular flexibility index (Phi) is 3.57. The minimum Gasteiger partial charge on any atom is -0.285 e. The molecule has 1 aromatic carbocycles. The summed E-state index contributed by atoms with van der Waals surface area (Å²) < 4.78 is 4.21. The van der Waals surface area contributed by atoms with Crippen LogP contribution in [0.15, 0.2) is 63.2 Å². The summed E-state index contributed by atoms with van der Waals surface area (Å²) in [4.78, 5) is 34.4. The van der Waals surface area contributed by atoms with Crippen molar-refractivity contribution in [1.82, 2.24) is 18.5 Å². The summed E-state index contributed by atoms with van der Waals surface area (Å²) in [6.45, 7) is 2.00. The highest BCUT2D eigenvalue weighted by Crippen LogP contribution is 2.12. The Labute approximate surface area is 148 Å². The first-order chi connectivity index (χ1) is 12.5. The lowest BCUT2D eigenvalue weighted by molar-refractivity contribution is 0.704. The van der Waals surface area contributed by atoms with E-state index >= 15 is 0 Å². The molecule has 0 spiro atoms. The van der Waals surface area contributed by atoms with Crippen LogP contribution < -0.4 is 16.7 Å². The van der Waals surface area contributed by atoms with Crippen molar-refractivity contribution in [2.24, 2.45) is 19.1 Å². The average molecular weight is 347 g/mol. The molecule has 7 nitrogen and oxygen atoms in total. The second kappa shape index (κ2) is 5.80. The van der Waals surface area contributed by atoms with Crippen LogP contribution in [-0.2, 0) is 14.1 Å². The highest BCUT2D eigenvalue weighted by molar-refractivity contribution is 5.75. The molecule has 0 bridgehead atoms. The normalized spacial score (nSPS) is 12.2. The molecule has 0 atom stereocenters. The molecule has 0 saturated heterocycles. The summed E-state index contributed by atoms with van der Waals surface area (Å²) in [5, 5.41) is 0.305. The molecule has 0 saturated carbocycles. The van der Waals surface area contributed by atoms with Crippen LogP contribution in [0.4, 0.5) is 5.69 Å². The third-order valence-corrected chi connectivity index (χ3v) is 4.41. The standard InChI is InChI=1S/C19H17N5O2/c1-12-7-9-13(10-8-12)20-17-15-16(21-14-6-4-5-11-24(14)17)22(2)19(26)23(3)18(15)25/h4-11H,1-3H3. The third-order valence-electron chi connectivity index (χ3n) is 4.41. The minimum atomic E-state index is -0.420. The molecule has 3 aromatic heterocycles. The molecule has 4 rings (SSSR count). The van der Waals surface area contributed by atoms with Gasteiger partial charge in [-0.3, -0.25) is 18.3 Å². The van der Waals surface area contributed by atoms with Gasteiger partial charge in [-0.15, -0.1) is 0 Å². The Morgan fingerprint density at radius 3 is 2.42 bits per heavy atom. The summed E-state index contributed by atoms with van der Waals surface area (Å²) in [5.74, 6) is 0. The fraction of sp³-hybridized carbons (Fsp3) is 0.158. The van der Waals surface area contributed by atoms with Gasteiger partial charge in [-0.05, 0) is 31.2 Å². The van der Waals surface area contributed by atoms with Gasteiger partial charge in [0.1, 0.15) is 11.0 Å². The van der Waals surface area contributed by atoms with Crippen molar-refractivity contribution in [3.8, 4) is 0 Å². The maximum Gasteiger partial charge on any atom is 0.332 e. The van der Waals surface area contributed by atoms with Crippen molar-refractivity contribution in [3.05, 3.63) is 80.6 Å². The number of hydrogen-bond acceptors (Lipinski definition) is 4. The Morgan fingerprint density at radius 1 is 0.962 bits per heavy atom. The molecular weight excluding hydrogens is 330 g/mol. The first kappa shape index (κ1) is 16.0. The summed E-state index contributed by atoms with van der Waals surface area (Å²) in [6.07, 6.45) is 1.80. The molecular formula is C19H17N5O2. The highest BCUT2D eigenvalue weighted by Gasteiger charge is 2.14. The van der Waals surface area contributed by atoms with Crippen molar-refractivity contribution in [3.63, 3.8) is 0 Å². The van der Waals surface area contributed by atoms with E-state index in [9.17, 15) is 9.59 Å². The van der Waals surface area contributed by atoms with E-state index in [4.69, 9.17) is 4.99 Å². The van der Waals surface area contributed by atoms with E-state index in [1.54, 1.807) is 17.6 Å². The second-order valence-corrected chi connectivity index (χ2v) is 6.22. The Bertz CT molecular complexity index is 1340. The van der Waals surface area contributed by atoms with Crippen molar-refractivity contribution >= 4 is 22.4 Å². The van der Waals surface area contributed by atoms with Crippen molar-refractivity contribution in [2.75, 3.05) is 0 Å². The van der Waals surface area contributed by atoms with Crippen molar-refractivity contribution < 1.29 is 0 Å². The zero-order valence-electron chi connectivity index (χ0n) is 14.7. The van der Waals surface area contributed by atoms with Crippen molar-refractivity contribution in [1.29, 1.82) is 0 Å². The molecule has 26 heavy (non-hydrogen) atoms. The van der Waals surface area contributed by atoms with Crippen LogP contribution in [0.3, 0.4) is 0 Å². The fourth-order valence-electron chi connectivity index (χ4n) is 2.94. The number of rotatable bonds is 1. The SMILES string of the molecule is Cc1ccc(N=c2c3c(=O)n(C)c(=O)n(C)c3nc3ccccn23)cc1. The van der Waals surface area contributed by atoms with Crippen LogP contribution >= 0.6 is 0 Å². The van der Waals surface area contributed by atoms with E-state index in [1.807, 2.05) is 49.4 Å². The molecule has 3 heterocycles. The molecule has 4 aromatic rings. The van der Waals surface area contributed by atoms with Gasteiger partial charge in [0.05, 0.1) is 5.69 Å². The monoisotopic (exact) mass is 347 g/mol. The highest BCUT2D eigenvalue weighted by atomic mass is 16.2. The van der Waals surface area contributed by atoms with Crippen LogP contribution in [0, 0.1) is 6.92 Å². The van der Waals surface area contributed by atoms with E-state index in [2.05, 4.69) is 4.98 Å². The third kappa shape index (κ3) is 2.36. The quantitative estimate of drug-likeness (QED) is 0.489. The molecule has 130 valence electrons. The van der Waals surface area contributed by atoms with E-state index in [1.165, 1.54) is 11.6 Å². The van der Waals surface area contributed by atoms with Crippen LogP contribution in [0.25, 0.3) is 16.7 Å². The van der Waals surface area contributed by atoms with E-state index < -0.39 is 11.2 Å². The Hall–Kier alpha value is -3.48. The Balaban J connectivity index is 2.30. The lowest BCUT2D eigenvalue weighted by atomic mass is 10.2. The number of hydrogen-bond donors (Lipinski definition) is 0. The second-order valence-electron chi connectivity index (χ2n) is 6.22. The van der Waals surface area contributed by atoms with Gasteiger partial charge in [-0.2, -0.15) is 0 Å². The smallest absolute Gasteiger partial charge is 0.285 e. The van der Waals surface area contributed by atoms with Crippen LogP contribution in [-0.4, -0.2) is 18.5 Å². The largest absolute Gasteiger partial charge is 0.332 e. The predicted octanol–water partition coefficient (Wildman–Crippen LogP) is 1.43. The molecule has 0 amide bonds. The maximum absolute atomic E-state index is 12.8. The molecule has 0 fully saturated rings. The van der Waals surface area contributed by atoms with Gasteiger partial charge in [0.25, 0.3) is 5.56 Å². The number of aryl methyl sites for hydroxylation is 2. The van der Waals surface area contributed by atoms with Crippen LogP contribution in [0.2, 0.25) is 0 Å². The maximum atomic E-state index is 12.8. The zero-order valence-corrected chi connectivity index (χ0v) is 14.7. The minimum absolute atomic E-state index is 0.305. The zero-order chi connectivity index (χ0) is 18.4. The summed E-state index contributed by atoms with van der Waals surface area (Å²) in [7, 11) is 3.06. The number of fused-ring (bicyclic) bond motifs is 2. The topological polar surface area (TPSA) is 73.7 Å². The van der Waals surface area contributed by atoms with Gasteiger partial charge in [0, 0.05) is 20.3 Å².